The van der Waals surface area contributed by atoms with Crippen molar-refractivity contribution in [1.29, 1.82) is 0 Å². The number of halogens is 2. The van der Waals surface area contributed by atoms with Crippen LogP contribution >= 0.6 is 0 Å². The third-order valence-electron chi connectivity index (χ3n) is 3.03. The van der Waals surface area contributed by atoms with E-state index in [0.717, 1.165) is 6.07 Å². The van der Waals surface area contributed by atoms with Crippen molar-refractivity contribution < 1.29 is 18.7 Å². The summed E-state index contributed by atoms with van der Waals surface area (Å²) in [5, 5.41) is 11.7. The summed E-state index contributed by atoms with van der Waals surface area (Å²) in [5.74, 6) is -2.43. The Bertz CT molecular complexity index is 437. The number of hydrogen-bond acceptors (Lipinski definition) is 2. The Morgan fingerprint density at radius 2 is 2.18 bits per heavy atom. The molecule has 1 fully saturated rings. The molecule has 1 aromatic carbocycles. The number of nitrogens with one attached hydrogen (secondary N) is 1. The maximum absolute atomic E-state index is 13.0. The zero-order valence-corrected chi connectivity index (χ0v) is 9.12. The summed E-state index contributed by atoms with van der Waals surface area (Å²) in [7, 11) is 0. The van der Waals surface area contributed by atoms with Crippen LogP contribution in [0.3, 0.4) is 0 Å². The van der Waals surface area contributed by atoms with E-state index in [-0.39, 0.29) is 5.92 Å². The van der Waals surface area contributed by atoms with Crippen molar-refractivity contribution in [2.24, 2.45) is 5.92 Å². The second kappa shape index (κ2) is 4.79. The van der Waals surface area contributed by atoms with Crippen LogP contribution in [0.25, 0.3) is 0 Å². The number of rotatable bonds is 3. The second-order valence-corrected chi connectivity index (χ2v) is 4.35. The molecule has 1 heterocycles. The monoisotopic (exact) mass is 241 g/mol. The summed E-state index contributed by atoms with van der Waals surface area (Å²) < 4.78 is 25.7. The minimum atomic E-state index is -0.863. The van der Waals surface area contributed by atoms with Crippen LogP contribution in [0.5, 0.6) is 0 Å². The van der Waals surface area contributed by atoms with Crippen LogP contribution in [0.4, 0.5) is 8.78 Å². The third-order valence-corrected chi connectivity index (χ3v) is 3.03. The standard InChI is InChI=1S/C12H13F2NO2/c13-9-2-1-7(4-10(9)14)3-8-5-11(12(16)17)15-6-8/h1-2,4,8,11,15H,3,5-6H2,(H,16,17)/t8?,11-/m0/s1. The van der Waals surface area contributed by atoms with Gasteiger partial charge in [0, 0.05) is 0 Å². The van der Waals surface area contributed by atoms with Crippen LogP contribution in [-0.4, -0.2) is 23.7 Å². The van der Waals surface area contributed by atoms with Gasteiger partial charge < -0.3 is 10.4 Å². The van der Waals surface area contributed by atoms with Crippen molar-refractivity contribution >= 4 is 5.97 Å². The van der Waals surface area contributed by atoms with Crippen molar-refractivity contribution in [3.8, 4) is 0 Å². The van der Waals surface area contributed by atoms with E-state index in [1.165, 1.54) is 12.1 Å². The van der Waals surface area contributed by atoms with Gasteiger partial charge in [0.15, 0.2) is 11.6 Å². The molecule has 0 spiro atoms. The molecule has 92 valence electrons. The molecule has 0 bridgehead atoms. The van der Waals surface area contributed by atoms with Gasteiger partial charge in [0.1, 0.15) is 6.04 Å². The molecule has 17 heavy (non-hydrogen) atoms. The predicted molar refractivity (Wildman–Crippen MR) is 57.6 cm³/mol. The minimum absolute atomic E-state index is 0.154. The van der Waals surface area contributed by atoms with Crippen molar-refractivity contribution in [2.45, 2.75) is 18.9 Å². The summed E-state index contributed by atoms with van der Waals surface area (Å²) in [6.45, 7) is 0.593. The van der Waals surface area contributed by atoms with Crippen LogP contribution in [-0.2, 0) is 11.2 Å². The lowest BCUT2D eigenvalue weighted by Crippen LogP contribution is -2.29. The Kier molecular flexibility index (Phi) is 3.38. The maximum Gasteiger partial charge on any atom is 0.320 e. The van der Waals surface area contributed by atoms with Crippen molar-refractivity contribution in [3.63, 3.8) is 0 Å². The lowest BCUT2D eigenvalue weighted by atomic mass is 9.96. The molecule has 2 rings (SSSR count). The molecule has 5 heteroatoms. The van der Waals surface area contributed by atoms with Gasteiger partial charge in [0.25, 0.3) is 0 Å². The molecule has 0 aliphatic carbocycles. The lowest BCUT2D eigenvalue weighted by molar-refractivity contribution is -0.139. The number of carbonyl (C=O) groups is 1. The van der Waals surface area contributed by atoms with Crippen LogP contribution in [0.2, 0.25) is 0 Å². The normalized spacial score (nSPS) is 23.9. The van der Waals surface area contributed by atoms with E-state index in [1.807, 2.05) is 0 Å². The number of aliphatic carboxylic acids is 1. The molecule has 3 nitrogen and oxygen atoms in total. The number of carboxylic acids is 1. The average Bonchev–Trinajstić information content (AvgIpc) is 2.72. The first-order valence-corrected chi connectivity index (χ1v) is 5.46. The Balaban J connectivity index is 1.98. The largest absolute Gasteiger partial charge is 0.480 e. The fraction of sp³-hybridized carbons (Fsp3) is 0.417. The van der Waals surface area contributed by atoms with Gasteiger partial charge in [-0.2, -0.15) is 0 Å². The molecule has 0 aromatic heterocycles. The predicted octanol–water partition coefficient (Wildman–Crippen LogP) is 1.57. The van der Waals surface area contributed by atoms with Crippen LogP contribution in [0.1, 0.15) is 12.0 Å². The Labute approximate surface area is 97.5 Å². The van der Waals surface area contributed by atoms with Gasteiger partial charge in [0.2, 0.25) is 0 Å². The first kappa shape index (κ1) is 12.0. The highest BCUT2D eigenvalue weighted by atomic mass is 19.2. The van der Waals surface area contributed by atoms with Crippen LogP contribution in [0, 0.1) is 17.6 Å². The van der Waals surface area contributed by atoms with E-state index in [0.29, 0.717) is 24.9 Å². The quantitative estimate of drug-likeness (QED) is 0.844. The van der Waals surface area contributed by atoms with Gasteiger partial charge in [-0.15, -0.1) is 0 Å². The molecule has 2 atom stereocenters. The van der Waals surface area contributed by atoms with E-state index in [9.17, 15) is 13.6 Å². The molecule has 0 saturated carbocycles. The average molecular weight is 241 g/mol. The van der Waals surface area contributed by atoms with Crippen molar-refractivity contribution in [2.75, 3.05) is 6.54 Å². The van der Waals surface area contributed by atoms with Crippen molar-refractivity contribution in [3.05, 3.63) is 35.4 Å². The number of carboxylic acid groups (broad SMARTS) is 1. The molecule has 1 aliphatic rings. The summed E-state index contributed by atoms with van der Waals surface area (Å²) in [6, 6.07) is 3.28. The molecule has 1 saturated heterocycles. The summed E-state index contributed by atoms with van der Waals surface area (Å²) in [6.07, 6.45) is 1.09. The Hall–Kier alpha value is -1.49. The van der Waals surface area contributed by atoms with E-state index >= 15 is 0 Å². The van der Waals surface area contributed by atoms with Crippen molar-refractivity contribution in [1.82, 2.24) is 5.32 Å². The second-order valence-electron chi connectivity index (χ2n) is 4.35. The van der Waals surface area contributed by atoms with Gasteiger partial charge >= 0.3 is 5.97 Å². The van der Waals surface area contributed by atoms with Gasteiger partial charge in [0.05, 0.1) is 0 Å². The minimum Gasteiger partial charge on any atom is -0.480 e. The molecular formula is C12H13F2NO2. The Morgan fingerprint density at radius 3 is 2.76 bits per heavy atom. The highest BCUT2D eigenvalue weighted by molar-refractivity contribution is 5.73. The van der Waals surface area contributed by atoms with E-state index in [2.05, 4.69) is 5.32 Å². The first-order chi connectivity index (χ1) is 8.06. The maximum atomic E-state index is 13.0. The molecular weight excluding hydrogens is 228 g/mol. The SMILES string of the molecule is O=C(O)[C@@H]1CC(Cc2ccc(F)c(F)c2)CN1. The fourth-order valence-electron chi connectivity index (χ4n) is 2.15. The summed E-state index contributed by atoms with van der Waals surface area (Å²) >= 11 is 0. The molecule has 2 N–H and O–H groups in total. The molecule has 1 unspecified atom stereocenters. The van der Waals surface area contributed by atoms with E-state index in [1.54, 1.807) is 0 Å². The topological polar surface area (TPSA) is 49.3 Å². The zero-order valence-electron chi connectivity index (χ0n) is 9.12. The number of benzene rings is 1. The van der Waals surface area contributed by atoms with E-state index < -0.39 is 23.6 Å². The summed E-state index contributed by atoms with van der Waals surface area (Å²) in [4.78, 5) is 10.7. The molecule has 1 aliphatic heterocycles. The molecule has 0 radical (unpaired) electrons. The van der Waals surface area contributed by atoms with Gasteiger partial charge in [-0.05, 0) is 43.0 Å². The zero-order chi connectivity index (χ0) is 12.4. The van der Waals surface area contributed by atoms with Crippen LogP contribution < -0.4 is 5.32 Å². The van der Waals surface area contributed by atoms with Gasteiger partial charge in [-0.3, -0.25) is 4.79 Å². The lowest BCUT2D eigenvalue weighted by Gasteiger charge is -2.08. The number of hydrogen-bond donors (Lipinski definition) is 2. The third kappa shape index (κ3) is 2.79. The highest BCUT2D eigenvalue weighted by Crippen LogP contribution is 2.20. The van der Waals surface area contributed by atoms with Gasteiger partial charge in [-0.25, -0.2) is 8.78 Å². The summed E-state index contributed by atoms with van der Waals surface area (Å²) in [5.41, 5.74) is 0.696. The molecule has 0 amide bonds. The molecule has 1 aromatic rings. The fourth-order valence-corrected chi connectivity index (χ4v) is 2.15. The first-order valence-electron chi connectivity index (χ1n) is 5.46. The van der Waals surface area contributed by atoms with E-state index in [4.69, 9.17) is 5.11 Å². The van der Waals surface area contributed by atoms with Crippen LogP contribution in [0.15, 0.2) is 18.2 Å². The Morgan fingerprint density at radius 1 is 1.41 bits per heavy atom. The van der Waals surface area contributed by atoms with Gasteiger partial charge in [-0.1, -0.05) is 6.07 Å². The smallest absolute Gasteiger partial charge is 0.320 e. The highest BCUT2D eigenvalue weighted by Gasteiger charge is 2.29.